The number of carbonyl (C=O) groups excluding carboxylic acids is 2. The Hall–Kier alpha value is -2.81. The molecule has 0 saturated carbocycles. The molecule has 0 aliphatic rings. The SMILES string of the molecule is CC/C=C\C/C=C\C/C=C\C/C=C\C/C=C\C/C=C\CCC(=O)NC(COP(=O)([O-])OCC[N+](C)(C)C)C(/C=C/CCCCCCCCCCCC)OC(=O)CCCCCCCCCCCCCCCCC. The predicted octanol–water partition coefficient (Wildman–Crippen LogP) is 17.2. The van der Waals surface area contributed by atoms with E-state index in [0.29, 0.717) is 17.4 Å². The van der Waals surface area contributed by atoms with Gasteiger partial charge in [-0.1, -0.05) is 247 Å². The van der Waals surface area contributed by atoms with Gasteiger partial charge in [0.1, 0.15) is 19.3 Å². The fourth-order valence-corrected chi connectivity index (χ4v) is 8.80. The Morgan fingerprint density at radius 1 is 0.500 bits per heavy atom. The summed E-state index contributed by atoms with van der Waals surface area (Å²) in [7, 11) is 1.13. The summed E-state index contributed by atoms with van der Waals surface area (Å²) < 4.78 is 30.2. The van der Waals surface area contributed by atoms with E-state index < -0.39 is 26.6 Å². The highest BCUT2D eigenvalue weighted by Crippen LogP contribution is 2.38. The number of carbonyl (C=O) groups is 2. The molecule has 0 aliphatic heterocycles. The second kappa shape index (κ2) is 51.7. The third kappa shape index (κ3) is 52.1. The van der Waals surface area contributed by atoms with Crippen molar-refractivity contribution in [3.8, 4) is 0 Å². The van der Waals surface area contributed by atoms with E-state index in [1.807, 2.05) is 45.4 Å². The van der Waals surface area contributed by atoms with Crippen LogP contribution < -0.4 is 10.2 Å². The molecule has 0 aliphatic carbocycles. The number of allylic oxidation sites excluding steroid dienone is 13. The molecule has 0 fully saturated rings. The summed E-state index contributed by atoms with van der Waals surface area (Å²) in [6, 6.07) is -0.930. The van der Waals surface area contributed by atoms with E-state index in [0.717, 1.165) is 77.0 Å². The number of nitrogens with zero attached hydrogens (tertiary/aromatic N) is 1. The first-order valence-corrected chi connectivity index (χ1v) is 30.9. The number of hydrogen-bond acceptors (Lipinski definition) is 7. The fourth-order valence-electron chi connectivity index (χ4n) is 8.07. The van der Waals surface area contributed by atoms with Crippen LogP contribution in [0.2, 0.25) is 0 Å². The lowest BCUT2D eigenvalue weighted by Gasteiger charge is -2.30. The molecule has 0 radical (unpaired) electrons. The molecule has 0 aromatic carbocycles. The Morgan fingerprint density at radius 3 is 1.33 bits per heavy atom. The molecular weight excluding hydrogens is 916 g/mol. The molecule has 416 valence electrons. The monoisotopic (exact) mass is 1030 g/mol. The zero-order valence-corrected chi connectivity index (χ0v) is 48.3. The van der Waals surface area contributed by atoms with E-state index in [4.69, 9.17) is 13.8 Å². The number of unbranched alkanes of at least 4 members (excludes halogenated alkanes) is 24. The van der Waals surface area contributed by atoms with Crippen molar-refractivity contribution >= 4 is 19.7 Å². The number of likely N-dealkylation sites (N-methyl/N-ethyl adjacent to an activating group) is 1. The lowest BCUT2D eigenvalue weighted by Crippen LogP contribution is -2.47. The zero-order chi connectivity index (χ0) is 52.9. The second-order valence-corrected chi connectivity index (χ2v) is 22.2. The summed E-state index contributed by atoms with van der Waals surface area (Å²) in [5.41, 5.74) is 0. The molecule has 0 heterocycles. The molecule has 3 atom stereocenters. The number of phosphoric acid groups is 1. The molecule has 72 heavy (non-hydrogen) atoms. The molecule has 9 nitrogen and oxygen atoms in total. The summed E-state index contributed by atoms with van der Waals surface area (Å²) in [6.07, 6.45) is 67.1. The highest BCUT2D eigenvalue weighted by Gasteiger charge is 2.27. The highest BCUT2D eigenvalue weighted by atomic mass is 31.2. The molecule has 0 spiro atoms. The minimum absolute atomic E-state index is 0.0380. The first-order chi connectivity index (χ1) is 34.9. The van der Waals surface area contributed by atoms with Gasteiger partial charge in [-0.3, -0.25) is 14.2 Å². The third-order valence-electron chi connectivity index (χ3n) is 12.6. The minimum Gasteiger partial charge on any atom is -0.756 e. The van der Waals surface area contributed by atoms with E-state index in [9.17, 15) is 19.0 Å². The van der Waals surface area contributed by atoms with Crippen LogP contribution in [0.1, 0.15) is 245 Å². The van der Waals surface area contributed by atoms with Crippen molar-refractivity contribution in [3.63, 3.8) is 0 Å². The van der Waals surface area contributed by atoms with Crippen LogP contribution in [0.5, 0.6) is 0 Å². The lowest BCUT2D eigenvalue weighted by molar-refractivity contribution is -0.870. The maximum Gasteiger partial charge on any atom is 0.306 e. The van der Waals surface area contributed by atoms with Gasteiger partial charge in [-0.05, 0) is 70.3 Å². The maximum absolute atomic E-state index is 13.5. The van der Waals surface area contributed by atoms with Crippen LogP contribution in [0.25, 0.3) is 0 Å². The van der Waals surface area contributed by atoms with E-state index in [2.05, 4.69) is 86.8 Å². The number of hydrogen-bond donors (Lipinski definition) is 1. The van der Waals surface area contributed by atoms with Gasteiger partial charge in [-0.2, -0.15) is 0 Å². The van der Waals surface area contributed by atoms with Crippen LogP contribution in [0, 0.1) is 0 Å². The van der Waals surface area contributed by atoms with Crippen molar-refractivity contribution in [1.29, 1.82) is 0 Å². The molecule has 3 unspecified atom stereocenters. The minimum atomic E-state index is -4.72. The zero-order valence-electron chi connectivity index (χ0n) is 47.4. The van der Waals surface area contributed by atoms with Gasteiger partial charge in [0.15, 0.2) is 0 Å². The summed E-state index contributed by atoms with van der Waals surface area (Å²) in [4.78, 5) is 39.8. The topological polar surface area (TPSA) is 114 Å². The van der Waals surface area contributed by atoms with Crippen molar-refractivity contribution in [2.75, 3.05) is 40.9 Å². The molecule has 0 rings (SSSR count). The molecule has 0 bridgehead atoms. The number of ether oxygens (including phenoxy) is 1. The number of amides is 1. The number of nitrogens with one attached hydrogen (secondary N) is 1. The second-order valence-electron chi connectivity index (χ2n) is 20.8. The Balaban J connectivity index is 5.44. The molecule has 1 amide bonds. The van der Waals surface area contributed by atoms with Crippen molar-refractivity contribution in [1.82, 2.24) is 5.32 Å². The first kappa shape index (κ1) is 69.2. The van der Waals surface area contributed by atoms with E-state index in [-0.39, 0.29) is 31.3 Å². The number of rotatable bonds is 52. The molecule has 10 heteroatoms. The first-order valence-electron chi connectivity index (χ1n) is 29.4. The highest BCUT2D eigenvalue weighted by molar-refractivity contribution is 7.45. The van der Waals surface area contributed by atoms with Crippen LogP contribution in [0.3, 0.4) is 0 Å². The predicted molar refractivity (Wildman–Crippen MR) is 307 cm³/mol. The normalized spacial score (nSPS) is 14.4. The molecular formula is C62H111N2O7P. The van der Waals surface area contributed by atoms with Crippen molar-refractivity contribution in [3.05, 3.63) is 85.1 Å². The number of phosphoric ester groups is 1. The van der Waals surface area contributed by atoms with E-state index >= 15 is 0 Å². The Kier molecular flexibility index (Phi) is 49.6. The van der Waals surface area contributed by atoms with Crippen LogP contribution in [-0.4, -0.2) is 69.4 Å². The van der Waals surface area contributed by atoms with E-state index in [1.54, 1.807) is 0 Å². The number of quaternary nitrogens is 1. The molecule has 0 aromatic heterocycles. The smallest absolute Gasteiger partial charge is 0.306 e. The van der Waals surface area contributed by atoms with Crippen LogP contribution in [-0.2, 0) is 27.9 Å². The van der Waals surface area contributed by atoms with Crippen molar-refractivity contribution in [2.45, 2.75) is 258 Å². The molecule has 1 N–H and O–H groups in total. The summed E-state index contributed by atoms with van der Waals surface area (Å²) in [6.45, 7) is 6.67. The summed E-state index contributed by atoms with van der Waals surface area (Å²) in [5.74, 6) is -0.638. The Bertz CT molecular complexity index is 1510. The van der Waals surface area contributed by atoms with Gasteiger partial charge in [0.25, 0.3) is 7.82 Å². The lowest BCUT2D eigenvalue weighted by atomic mass is 10.0. The van der Waals surface area contributed by atoms with Gasteiger partial charge in [0.2, 0.25) is 5.91 Å². The van der Waals surface area contributed by atoms with E-state index in [1.165, 1.54) is 128 Å². The van der Waals surface area contributed by atoms with Crippen molar-refractivity contribution < 1.29 is 37.3 Å². The molecule has 0 aromatic rings. The average Bonchev–Trinajstić information content (AvgIpc) is 3.34. The number of esters is 1. The average molecular weight is 1030 g/mol. The van der Waals surface area contributed by atoms with Gasteiger partial charge in [-0.25, -0.2) is 0 Å². The van der Waals surface area contributed by atoms with Crippen molar-refractivity contribution in [2.24, 2.45) is 0 Å². The summed E-state index contributed by atoms with van der Waals surface area (Å²) in [5, 5.41) is 2.97. The van der Waals surface area contributed by atoms with Gasteiger partial charge in [-0.15, -0.1) is 0 Å². The quantitative estimate of drug-likeness (QED) is 0.0212. The van der Waals surface area contributed by atoms with Gasteiger partial charge >= 0.3 is 5.97 Å². The van der Waals surface area contributed by atoms with Gasteiger partial charge in [0.05, 0.1) is 33.8 Å². The standard InChI is InChI=1S/C62H111N2O7P/c1-7-10-13-16-19-22-25-28-30-31-32-33-35-36-39-42-45-48-51-54-61(65)63-59(58-70-72(67,68)69-57-56-64(4,5)6)60(53-50-47-44-41-38-27-24-21-18-15-12-9-3)71-62(66)55-52-49-46-43-40-37-34-29-26-23-20-17-14-11-8-2/h10,13,19,22,28,30,32-33,36,39,45,48,50,53,59-60H,7-9,11-12,14-18,20-21,23-27,29,31,34-35,37-38,40-44,46-47,49,51-52,54-58H2,1-6H3,(H-,63,65,67,68)/b13-10-,22-19-,30-28-,33-32-,39-36-,48-45-,53-50+. The Morgan fingerprint density at radius 2 is 0.903 bits per heavy atom. The Labute approximate surface area is 444 Å². The summed E-state index contributed by atoms with van der Waals surface area (Å²) >= 11 is 0. The fraction of sp³-hybridized carbons (Fsp3) is 0.742. The molecule has 0 saturated heterocycles. The third-order valence-corrected chi connectivity index (χ3v) is 13.6. The van der Waals surface area contributed by atoms with Gasteiger partial charge in [0, 0.05) is 12.8 Å². The van der Waals surface area contributed by atoms with Crippen LogP contribution in [0.4, 0.5) is 0 Å². The van der Waals surface area contributed by atoms with Crippen LogP contribution >= 0.6 is 7.82 Å². The largest absolute Gasteiger partial charge is 0.756 e. The van der Waals surface area contributed by atoms with Crippen LogP contribution in [0.15, 0.2) is 85.1 Å². The maximum atomic E-state index is 13.5. The van der Waals surface area contributed by atoms with Gasteiger partial charge < -0.3 is 28.5 Å².